The lowest BCUT2D eigenvalue weighted by atomic mass is 10.3. The molecule has 0 aliphatic heterocycles. The molecule has 0 aliphatic carbocycles. The zero-order valence-electron chi connectivity index (χ0n) is 7.35. The molecular weight excluding hydrogens is 202 g/mol. The molecule has 0 fully saturated rings. The molecule has 1 heterocycles. The number of rotatable bonds is 1. The number of imidazole rings is 1. The van der Waals surface area contributed by atoms with Gasteiger partial charge in [0.25, 0.3) is 5.69 Å². The fourth-order valence-electron chi connectivity index (χ4n) is 1.33. The zero-order valence-corrected chi connectivity index (χ0v) is 8.17. The summed E-state index contributed by atoms with van der Waals surface area (Å²) >= 11 is 5.00. The number of hydrogen-bond donors (Lipinski definition) is 1. The van der Waals surface area contributed by atoms with Gasteiger partial charge >= 0.3 is 0 Å². The molecule has 0 saturated heterocycles. The van der Waals surface area contributed by atoms with Crippen molar-refractivity contribution < 1.29 is 4.92 Å². The van der Waals surface area contributed by atoms with Gasteiger partial charge in [0, 0.05) is 19.2 Å². The van der Waals surface area contributed by atoms with Crippen molar-refractivity contribution in [2.75, 3.05) is 0 Å². The number of nitro groups is 1. The van der Waals surface area contributed by atoms with Crippen molar-refractivity contribution in [3.05, 3.63) is 33.1 Å². The molecule has 2 rings (SSSR count). The third-order valence-electron chi connectivity index (χ3n) is 2.10. The molecule has 0 atom stereocenters. The summed E-state index contributed by atoms with van der Waals surface area (Å²) in [5.41, 5.74) is 1.62. The van der Waals surface area contributed by atoms with Crippen LogP contribution in [0.25, 0.3) is 11.0 Å². The summed E-state index contributed by atoms with van der Waals surface area (Å²) in [6, 6.07) is 4.61. The summed E-state index contributed by atoms with van der Waals surface area (Å²) < 4.78 is 2.26. The van der Waals surface area contributed by atoms with Gasteiger partial charge in [0.15, 0.2) is 4.77 Å². The molecule has 1 aromatic carbocycles. The highest BCUT2D eigenvalue weighted by Crippen LogP contribution is 2.19. The standard InChI is InChI=1S/C8H7N3O2S/c1-10-7-4-5(11(12)13)2-3-6(7)9-8(10)14/h2-4H,1H3,(H,9,14). The largest absolute Gasteiger partial charge is 0.331 e. The number of aromatic amines is 1. The Labute approximate surface area is 84.1 Å². The van der Waals surface area contributed by atoms with Gasteiger partial charge in [-0.1, -0.05) is 0 Å². The molecule has 0 amide bonds. The first kappa shape index (κ1) is 8.89. The van der Waals surface area contributed by atoms with Crippen molar-refractivity contribution >= 4 is 28.9 Å². The molecule has 1 aromatic heterocycles. The Morgan fingerprint density at radius 2 is 2.29 bits per heavy atom. The second-order valence-electron chi connectivity index (χ2n) is 2.95. The minimum atomic E-state index is -0.421. The van der Waals surface area contributed by atoms with Crippen LogP contribution < -0.4 is 0 Å². The average molecular weight is 209 g/mol. The summed E-state index contributed by atoms with van der Waals surface area (Å²) in [7, 11) is 1.77. The van der Waals surface area contributed by atoms with E-state index in [1.54, 1.807) is 17.7 Å². The monoisotopic (exact) mass is 209 g/mol. The van der Waals surface area contributed by atoms with Crippen LogP contribution in [-0.4, -0.2) is 14.5 Å². The van der Waals surface area contributed by atoms with Crippen molar-refractivity contribution in [2.45, 2.75) is 0 Å². The van der Waals surface area contributed by atoms with Crippen molar-refractivity contribution in [3.63, 3.8) is 0 Å². The van der Waals surface area contributed by atoms with E-state index < -0.39 is 4.92 Å². The molecule has 0 unspecified atom stereocenters. The van der Waals surface area contributed by atoms with Gasteiger partial charge < -0.3 is 9.55 Å². The van der Waals surface area contributed by atoms with Crippen molar-refractivity contribution in [1.82, 2.24) is 9.55 Å². The van der Waals surface area contributed by atoms with E-state index in [0.29, 0.717) is 4.77 Å². The topological polar surface area (TPSA) is 63.9 Å². The maximum Gasteiger partial charge on any atom is 0.271 e. The number of nitro benzene ring substituents is 1. The summed E-state index contributed by atoms with van der Waals surface area (Å²) in [5, 5.41) is 10.5. The van der Waals surface area contributed by atoms with E-state index in [9.17, 15) is 10.1 Å². The molecule has 14 heavy (non-hydrogen) atoms. The fourth-order valence-corrected chi connectivity index (χ4v) is 1.53. The van der Waals surface area contributed by atoms with Crippen LogP contribution in [-0.2, 0) is 7.05 Å². The Balaban J connectivity index is 2.82. The molecule has 0 bridgehead atoms. The lowest BCUT2D eigenvalue weighted by Crippen LogP contribution is -1.90. The summed E-state index contributed by atoms with van der Waals surface area (Å²) in [6.07, 6.45) is 0. The molecule has 0 radical (unpaired) electrons. The second kappa shape index (κ2) is 2.91. The number of aryl methyl sites for hydroxylation is 1. The second-order valence-corrected chi connectivity index (χ2v) is 3.33. The first-order valence-electron chi connectivity index (χ1n) is 3.93. The van der Waals surface area contributed by atoms with E-state index in [0.717, 1.165) is 11.0 Å². The normalized spacial score (nSPS) is 10.6. The van der Waals surface area contributed by atoms with E-state index in [2.05, 4.69) is 4.98 Å². The molecule has 2 aromatic rings. The minimum Gasteiger partial charge on any atom is -0.331 e. The third kappa shape index (κ3) is 1.20. The number of nitrogens with one attached hydrogen (secondary N) is 1. The van der Waals surface area contributed by atoms with Gasteiger partial charge in [-0.3, -0.25) is 10.1 Å². The summed E-state index contributed by atoms with van der Waals surface area (Å²) in [6.45, 7) is 0. The van der Waals surface area contributed by atoms with Crippen LogP contribution in [0.15, 0.2) is 18.2 Å². The van der Waals surface area contributed by atoms with Gasteiger partial charge in [-0.05, 0) is 18.3 Å². The van der Waals surface area contributed by atoms with Crippen LogP contribution >= 0.6 is 12.2 Å². The molecule has 6 heteroatoms. The SMILES string of the molecule is Cn1c(=S)[nH]c2ccc([N+](=O)[O-])cc21. The van der Waals surface area contributed by atoms with Gasteiger partial charge in [0.1, 0.15) is 0 Å². The summed E-state index contributed by atoms with van der Waals surface area (Å²) in [4.78, 5) is 13.0. The first-order valence-corrected chi connectivity index (χ1v) is 4.33. The molecule has 0 saturated carbocycles. The average Bonchev–Trinajstić information content (AvgIpc) is 2.43. The van der Waals surface area contributed by atoms with Gasteiger partial charge in [0.2, 0.25) is 0 Å². The van der Waals surface area contributed by atoms with Crippen molar-refractivity contribution in [3.8, 4) is 0 Å². The first-order chi connectivity index (χ1) is 6.59. The Bertz CT molecular complexity index is 569. The quantitative estimate of drug-likeness (QED) is 0.444. The molecular formula is C8H7N3O2S. The zero-order chi connectivity index (χ0) is 10.3. The number of benzene rings is 1. The number of fused-ring (bicyclic) bond motifs is 1. The minimum absolute atomic E-state index is 0.0714. The lowest BCUT2D eigenvalue weighted by Gasteiger charge is -1.94. The smallest absolute Gasteiger partial charge is 0.271 e. The van der Waals surface area contributed by atoms with Crippen LogP contribution in [0.3, 0.4) is 0 Å². The number of H-pyrrole nitrogens is 1. The lowest BCUT2D eigenvalue weighted by molar-refractivity contribution is -0.384. The van der Waals surface area contributed by atoms with Crippen LogP contribution in [0.5, 0.6) is 0 Å². The Morgan fingerprint density at radius 3 is 2.93 bits per heavy atom. The van der Waals surface area contributed by atoms with Crippen molar-refractivity contribution in [2.24, 2.45) is 7.05 Å². The van der Waals surface area contributed by atoms with E-state index >= 15 is 0 Å². The van der Waals surface area contributed by atoms with Gasteiger partial charge in [-0.25, -0.2) is 0 Å². The van der Waals surface area contributed by atoms with E-state index in [4.69, 9.17) is 12.2 Å². The van der Waals surface area contributed by atoms with Crippen LogP contribution in [0, 0.1) is 14.9 Å². The number of non-ortho nitro benzene ring substituents is 1. The van der Waals surface area contributed by atoms with Gasteiger partial charge in [-0.2, -0.15) is 0 Å². The number of aromatic nitrogens is 2. The Morgan fingerprint density at radius 1 is 1.57 bits per heavy atom. The van der Waals surface area contributed by atoms with Crippen LogP contribution in [0.1, 0.15) is 0 Å². The summed E-state index contributed by atoms with van der Waals surface area (Å²) in [5.74, 6) is 0. The highest BCUT2D eigenvalue weighted by molar-refractivity contribution is 7.71. The van der Waals surface area contributed by atoms with Gasteiger partial charge in [0.05, 0.1) is 16.0 Å². The number of hydrogen-bond acceptors (Lipinski definition) is 3. The highest BCUT2D eigenvalue weighted by Gasteiger charge is 2.08. The van der Waals surface area contributed by atoms with Crippen LogP contribution in [0.4, 0.5) is 5.69 Å². The van der Waals surface area contributed by atoms with E-state index in [1.165, 1.54) is 12.1 Å². The fraction of sp³-hybridized carbons (Fsp3) is 0.125. The predicted molar refractivity (Wildman–Crippen MR) is 54.8 cm³/mol. The molecule has 1 N–H and O–H groups in total. The van der Waals surface area contributed by atoms with Crippen molar-refractivity contribution in [1.29, 1.82) is 0 Å². The van der Waals surface area contributed by atoms with Gasteiger partial charge in [-0.15, -0.1) is 0 Å². The van der Waals surface area contributed by atoms with Crippen LogP contribution in [0.2, 0.25) is 0 Å². The Kier molecular flexibility index (Phi) is 1.85. The predicted octanol–water partition coefficient (Wildman–Crippen LogP) is 2.14. The van der Waals surface area contributed by atoms with E-state index in [1.807, 2.05) is 0 Å². The molecule has 0 spiro atoms. The molecule has 5 nitrogen and oxygen atoms in total. The third-order valence-corrected chi connectivity index (χ3v) is 2.48. The highest BCUT2D eigenvalue weighted by atomic mass is 32.1. The maximum atomic E-state index is 10.5. The van der Waals surface area contributed by atoms with E-state index in [-0.39, 0.29) is 5.69 Å². The number of nitrogens with zero attached hydrogens (tertiary/aromatic N) is 2. The molecule has 72 valence electrons. The maximum absolute atomic E-state index is 10.5. The molecule has 0 aliphatic rings. The Hall–Kier alpha value is -1.69.